The Kier molecular flexibility index (Phi) is 4.78. The van der Waals surface area contributed by atoms with Crippen LogP contribution in [0.5, 0.6) is 0 Å². The Hall–Kier alpha value is -3.48. The minimum atomic E-state index is 0.458. The molecular weight excluding hydrogens is 419 g/mol. The van der Waals surface area contributed by atoms with Crippen molar-refractivity contribution in [2.24, 2.45) is 0 Å². The van der Waals surface area contributed by atoms with Crippen LogP contribution in [-0.2, 0) is 0 Å². The number of rotatable bonds is 4. The third-order valence-electron chi connectivity index (χ3n) is 4.68. The highest BCUT2D eigenvalue weighted by Crippen LogP contribution is 2.34. The molecule has 2 heterocycles. The van der Waals surface area contributed by atoms with Crippen molar-refractivity contribution in [2.75, 3.05) is 0 Å². The van der Waals surface area contributed by atoms with E-state index in [1.165, 1.54) is 0 Å². The van der Waals surface area contributed by atoms with Crippen LogP contribution in [0.25, 0.3) is 34.0 Å². The Labute approximate surface area is 182 Å². The Morgan fingerprint density at radius 3 is 2.17 bits per heavy atom. The molecule has 5 aromatic rings. The lowest BCUT2D eigenvalue weighted by Gasteiger charge is -2.11. The number of para-hydroxylation sites is 1. The molecule has 5 rings (SSSR count). The molecular formula is C22H14Cl2N6. The van der Waals surface area contributed by atoms with E-state index in [2.05, 4.69) is 20.6 Å². The molecule has 30 heavy (non-hydrogen) atoms. The van der Waals surface area contributed by atoms with Crippen LogP contribution in [0, 0.1) is 0 Å². The number of nitrogens with zero attached hydrogens (tertiary/aromatic N) is 6. The molecule has 0 atom stereocenters. The van der Waals surface area contributed by atoms with E-state index in [0.717, 1.165) is 28.2 Å². The van der Waals surface area contributed by atoms with E-state index in [0.29, 0.717) is 15.9 Å². The van der Waals surface area contributed by atoms with Gasteiger partial charge in [-0.3, -0.25) is 0 Å². The maximum atomic E-state index is 6.26. The Bertz CT molecular complexity index is 1310. The number of benzene rings is 3. The van der Waals surface area contributed by atoms with Crippen LogP contribution in [0.4, 0.5) is 0 Å². The van der Waals surface area contributed by atoms with Crippen molar-refractivity contribution in [3.8, 4) is 34.0 Å². The smallest absolute Gasteiger partial charge is 0.190 e. The molecule has 0 spiro atoms. The first-order chi connectivity index (χ1) is 14.7. The van der Waals surface area contributed by atoms with E-state index in [4.69, 9.17) is 23.2 Å². The van der Waals surface area contributed by atoms with Crippen molar-refractivity contribution < 1.29 is 0 Å². The van der Waals surface area contributed by atoms with Gasteiger partial charge in [0.05, 0.1) is 38.9 Å². The highest BCUT2D eigenvalue weighted by molar-refractivity contribution is 6.42. The number of hydrogen-bond donors (Lipinski definition) is 0. The minimum absolute atomic E-state index is 0.458. The van der Waals surface area contributed by atoms with Gasteiger partial charge in [0.15, 0.2) is 5.82 Å². The molecule has 2 aromatic heterocycles. The second kappa shape index (κ2) is 7.74. The molecule has 0 saturated heterocycles. The van der Waals surface area contributed by atoms with Gasteiger partial charge in [0.25, 0.3) is 0 Å². The fourth-order valence-corrected chi connectivity index (χ4v) is 3.59. The van der Waals surface area contributed by atoms with Crippen molar-refractivity contribution in [3.05, 3.63) is 95.1 Å². The average Bonchev–Trinajstić information content (AvgIpc) is 3.44. The molecule has 0 aliphatic rings. The maximum absolute atomic E-state index is 6.26. The van der Waals surface area contributed by atoms with Crippen LogP contribution < -0.4 is 0 Å². The van der Waals surface area contributed by atoms with Gasteiger partial charge in [0, 0.05) is 5.56 Å². The normalized spacial score (nSPS) is 11.0. The summed E-state index contributed by atoms with van der Waals surface area (Å²) in [5, 5.41) is 18.0. The van der Waals surface area contributed by atoms with E-state index >= 15 is 0 Å². The summed E-state index contributed by atoms with van der Waals surface area (Å²) < 4.78 is 3.51. The van der Waals surface area contributed by atoms with Crippen LogP contribution in [0.15, 0.2) is 85.1 Å². The van der Waals surface area contributed by atoms with E-state index in [1.807, 2.05) is 71.4 Å². The van der Waals surface area contributed by atoms with Gasteiger partial charge in [-0.25, -0.2) is 4.68 Å². The summed E-state index contributed by atoms with van der Waals surface area (Å²) in [6.45, 7) is 0. The van der Waals surface area contributed by atoms with Crippen molar-refractivity contribution in [2.45, 2.75) is 0 Å². The molecule has 0 amide bonds. The van der Waals surface area contributed by atoms with Gasteiger partial charge in [0.1, 0.15) is 0 Å². The lowest BCUT2D eigenvalue weighted by Crippen LogP contribution is -2.02. The summed E-state index contributed by atoms with van der Waals surface area (Å²) in [5.41, 5.74) is 4.26. The molecule has 0 aliphatic carbocycles. The van der Waals surface area contributed by atoms with E-state index in [9.17, 15) is 0 Å². The summed E-state index contributed by atoms with van der Waals surface area (Å²) in [6.07, 6.45) is 1.76. The van der Waals surface area contributed by atoms with Gasteiger partial charge >= 0.3 is 0 Å². The molecule has 146 valence electrons. The van der Waals surface area contributed by atoms with Crippen molar-refractivity contribution in [1.82, 2.24) is 30.0 Å². The van der Waals surface area contributed by atoms with Crippen molar-refractivity contribution in [1.29, 1.82) is 0 Å². The number of aromatic nitrogens is 6. The standard InChI is InChI=1S/C22H14Cl2N6/c23-19-12-11-17(13-20(19)24)29-21(15-7-3-1-4-8-15)18(14-25-29)22-26-27-28-30(22)16-9-5-2-6-10-16/h1-14H. The first kappa shape index (κ1) is 18.5. The summed E-state index contributed by atoms with van der Waals surface area (Å²) in [4.78, 5) is 0. The summed E-state index contributed by atoms with van der Waals surface area (Å²) in [5.74, 6) is 0.589. The molecule has 0 saturated carbocycles. The predicted octanol–water partition coefficient (Wildman–Crippen LogP) is 5.49. The minimum Gasteiger partial charge on any atom is -0.232 e. The predicted molar refractivity (Wildman–Crippen MR) is 117 cm³/mol. The van der Waals surface area contributed by atoms with Crippen LogP contribution in [0.3, 0.4) is 0 Å². The quantitative estimate of drug-likeness (QED) is 0.376. The van der Waals surface area contributed by atoms with E-state index < -0.39 is 0 Å². The number of tetrazole rings is 1. The molecule has 8 heteroatoms. The Morgan fingerprint density at radius 1 is 0.700 bits per heavy atom. The highest BCUT2D eigenvalue weighted by Gasteiger charge is 2.21. The second-order valence-electron chi connectivity index (χ2n) is 6.53. The van der Waals surface area contributed by atoms with Crippen LogP contribution in [0.1, 0.15) is 0 Å². The van der Waals surface area contributed by atoms with E-state index in [1.54, 1.807) is 23.0 Å². The first-order valence-corrected chi connectivity index (χ1v) is 9.91. The van der Waals surface area contributed by atoms with Gasteiger partial charge in [-0.2, -0.15) is 9.78 Å². The average molecular weight is 433 g/mol. The molecule has 6 nitrogen and oxygen atoms in total. The molecule has 0 radical (unpaired) electrons. The summed E-state index contributed by atoms with van der Waals surface area (Å²) in [6, 6.07) is 25.1. The SMILES string of the molecule is Clc1ccc(-n2ncc(-c3nnnn3-c3ccccc3)c2-c2ccccc2)cc1Cl. The Balaban J connectivity index is 1.74. The zero-order chi connectivity index (χ0) is 20.5. The third-order valence-corrected chi connectivity index (χ3v) is 5.41. The van der Waals surface area contributed by atoms with Crippen LogP contribution in [-0.4, -0.2) is 30.0 Å². The lowest BCUT2D eigenvalue weighted by atomic mass is 10.1. The molecule has 0 N–H and O–H groups in total. The monoisotopic (exact) mass is 432 g/mol. The zero-order valence-electron chi connectivity index (χ0n) is 15.5. The molecule has 3 aromatic carbocycles. The highest BCUT2D eigenvalue weighted by atomic mass is 35.5. The van der Waals surface area contributed by atoms with E-state index in [-0.39, 0.29) is 0 Å². The van der Waals surface area contributed by atoms with Gasteiger partial charge in [0.2, 0.25) is 0 Å². The van der Waals surface area contributed by atoms with Crippen molar-refractivity contribution >= 4 is 23.2 Å². The summed E-state index contributed by atoms with van der Waals surface area (Å²) in [7, 11) is 0. The third kappa shape index (κ3) is 3.26. The maximum Gasteiger partial charge on any atom is 0.190 e. The molecule has 0 unspecified atom stereocenters. The van der Waals surface area contributed by atoms with Crippen LogP contribution in [0.2, 0.25) is 10.0 Å². The number of halogens is 2. The topological polar surface area (TPSA) is 61.4 Å². The largest absolute Gasteiger partial charge is 0.232 e. The number of hydrogen-bond acceptors (Lipinski definition) is 4. The van der Waals surface area contributed by atoms with Crippen LogP contribution >= 0.6 is 23.2 Å². The van der Waals surface area contributed by atoms with Crippen molar-refractivity contribution in [3.63, 3.8) is 0 Å². The van der Waals surface area contributed by atoms with Gasteiger partial charge in [-0.05, 0) is 40.8 Å². The van der Waals surface area contributed by atoms with Gasteiger partial charge in [-0.1, -0.05) is 71.7 Å². The van der Waals surface area contributed by atoms with Gasteiger partial charge in [-0.15, -0.1) is 5.10 Å². The molecule has 0 fully saturated rings. The lowest BCUT2D eigenvalue weighted by molar-refractivity contribution is 0.791. The summed E-state index contributed by atoms with van der Waals surface area (Å²) >= 11 is 12.4. The fraction of sp³-hybridized carbons (Fsp3) is 0. The molecule has 0 aliphatic heterocycles. The molecule has 0 bridgehead atoms. The fourth-order valence-electron chi connectivity index (χ4n) is 3.30. The second-order valence-corrected chi connectivity index (χ2v) is 7.35. The van der Waals surface area contributed by atoms with Gasteiger partial charge < -0.3 is 0 Å². The Morgan fingerprint density at radius 2 is 1.43 bits per heavy atom. The zero-order valence-corrected chi connectivity index (χ0v) is 17.0. The first-order valence-electron chi connectivity index (χ1n) is 9.15.